The zero-order valence-electron chi connectivity index (χ0n) is 12.7. The third-order valence-electron chi connectivity index (χ3n) is 3.11. The maximum Gasteiger partial charge on any atom is 0.224 e. The highest BCUT2D eigenvalue weighted by Crippen LogP contribution is 2.16. The van der Waals surface area contributed by atoms with Gasteiger partial charge in [-0.3, -0.25) is 4.79 Å². The Balaban J connectivity index is 2.23. The van der Waals surface area contributed by atoms with Gasteiger partial charge in [-0.2, -0.15) is 0 Å². The van der Waals surface area contributed by atoms with Gasteiger partial charge in [0.2, 0.25) is 5.91 Å². The number of carbonyl (C=O) groups is 1. The average Bonchev–Trinajstić information content (AvgIpc) is 2.43. The summed E-state index contributed by atoms with van der Waals surface area (Å²) in [4.78, 5) is 13.9. The molecular weight excluding hydrogens is 273 g/mol. The summed E-state index contributed by atoms with van der Waals surface area (Å²) >= 11 is 0. The van der Waals surface area contributed by atoms with Crippen LogP contribution in [0.1, 0.15) is 19.3 Å². The molecule has 0 aliphatic rings. The number of nitrogens with two attached hydrogens (primary N) is 1. The summed E-state index contributed by atoms with van der Waals surface area (Å²) in [6.45, 7) is 2.55. The predicted molar refractivity (Wildman–Crippen MR) is 82.7 cm³/mol. The van der Waals surface area contributed by atoms with Gasteiger partial charge in [0, 0.05) is 32.4 Å². The summed E-state index contributed by atoms with van der Waals surface area (Å²) in [5.41, 5.74) is 6.00. The van der Waals surface area contributed by atoms with E-state index in [1.165, 1.54) is 18.2 Å². The van der Waals surface area contributed by atoms with Gasteiger partial charge in [-0.25, -0.2) is 4.39 Å². The molecule has 0 unspecified atom stereocenters. The second-order valence-corrected chi connectivity index (χ2v) is 5.04. The lowest BCUT2D eigenvalue weighted by Gasteiger charge is -2.15. The van der Waals surface area contributed by atoms with Crippen LogP contribution in [0, 0.1) is 5.82 Å². The van der Waals surface area contributed by atoms with E-state index in [0.717, 1.165) is 32.5 Å². The Hall–Kier alpha value is -1.66. The van der Waals surface area contributed by atoms with Crippen molar-refractivity contribution in [3.63, 3.8) is 0 Å². The molecule has 0 heterocycles. The van der Waals surface area contributed by atoms with Crippen molar-refractivity contribution in [2.45, 2.75) is 19.3 Å². The van der Waals surface area contributed by atoms with E-state index in [1.807, 2.05) is 7.05 Å². The first-order valence-corrected chi connectivity index (χ1v) is 7.05. The molecule has 0 fully saturated rings. The number of anilines is 2. The van der Waals surface area contributed by atoms with Crippen LogP contribution in [0.4, 0.5) is 15.8 Å². The topological polar surface area (TPSA) is 67.6 Å². The van der Waals surface area contributed by atoms with E-state index < -0.39 is 5.82 Å². The van der Waals surface area contributed by atoms with E-state index in [1.54, 1.807) is 7.11 Å². The molecule has 0 atom stereocenters. The van der Waals surface area contributed by atoms with Crippen molar-refractivity contribution < 1.29 is 13.9 Å². The number of carbonyl (C=O) groups excluding carboxylic acids is 1. The van der Waals surface area contributed by atoms with Crippen LogP contribution in [-0.2, 0) is 9.53 Å². The number of ether oxygens (including phenoxy) is 1. The Bertz CT molecular complexity index is 455. The molecule has 1 aromatic carbocycles. The molecule has 3 N–H and O–H groups in total. The molecule has 0 aliphatic carbocycles. The molecule has 0 spiro atoms. The van der Waals surface area contributed by atoms with E-state index >= 15 is 0 Å². The van der Waals surface area contributed by atoms with Crippen molar-refractivity contribution >= 4 is 17.3 Å². The van der Waals surface area contributed by atoms with Gasteiger partial charge in [0.1, 0.15) is 5.82 Å². The fourth-order valence-electron chi connectivity index (χ4n) is 1.95. The van der Waals surface area contributed by atoms with Gasteiger partial charge in [-0.15, -0.1) is 0 Å². The molecular formula is C15H24FN3O2. The Morgan fingerprint density at radius 1 is 1.38 bits per heavy atom. The quantitative estimate of drug-likeness (QED) is 0.541. The SMILES string of the molecule is COCCCN(C)CCCC(=O)Nc1ccc(F)c(N)c1. The standard InChI is InChI=1S/C15H24FN3O2/c1-19(9-4-10-21-2)8-3-5-15(20)18-12-6-7-13(16)14(17)11-12/h6-7,11H,3-5,8-10,17H2,1-2H3,(H,18,20). The molecule has 0 aliphatic heterocycles. The van der Waals surface area contributed by atoms with Gasteiger partial charge < -0.3 is 20.7 Å². The fourth-order valence-corrected chi connectivity index (χ4v) is 1.95. The zero-order valence-corrected chi connectivity index (χ0v) is 12.7. The number of hydrogen-bond donors (Lipinski definition) is 2. The van der Waals surface area contributed by atoms with Crippen molar-refractivity contribution in [2.75, 3.05) is 44.9 Å². The number of methoxy groups -OCH3 is 1. The first-order chi connectivity index (χ1) is 10.0. The normalized spacial score (nSPS) is 10.9. The number of nitrogen functional groups attached to an aromatic ring is 1. The van der Waals surface area contributed by atoms with Crippen LogP contribution in [0.2, 0.25) is 0 Å². The largest absolute Gasteiger partial charge is 0.396 e. The van der Waals surface area contributed by atoms with Gasteiger partial charge >= 0.3 is 0 Å². The molecule has 0 radical (unpaired) electrons. The number of nitrogens with one attached hydrogen (secondary N) is 1. The van der Waals surface area contributed by atoms with Crippen molar-refractivity contribution in [1.82, 2.24) is 4.90 Å². The van der Waals surface area contributed by atoms with Gasteiger partial charge in [-0.1, -0.05) is 0 Å². The first-order valence-electron chi connectivity index (χ1n) is 7.05. The molecule has 21 heavy (non-hydrogen) atoms. The van der Waals surface area contributed by atoms with Crippen LogP contribution < -0.4 is 11.1 Å². The second-order valence-electron chi connectivity index (χ2n) is 5.04. The van der Waals surface area contributed by atoms with Crippen LogP contribution in [0.25, 0.3) is 0 Å². The van der Waals surface area contributed by atoms with E-state index in [4.69, 9.17) is 10.5 Å². The number of amides is 1. The summed E-state index contributed by atoms with van der Waals surface area (Å²) in [5, 5.41) is 2.71. The maximum absolute atomic E-state index is 13.0. The van der Waals surface area contributed by atoms with Gasteiger partial charge in [0.15, 0.2) is 0 Å². The Labute approximate surface area is 125 Å². The van der Waals surface area contributed by atoms with Crippen LogP contribution >= 0.6 is 0 Å². The van der Waals surface area contributed by atoms with Crippen LogP contribution in [0.5, 0.6) is 0 Å². The predicted octanol–water partition coefficient (Wildman–Crippen LogP) is 2.09. The number of halogens is 1. The summed E-state index contributed by atoms with van der Waals surface area (Å²) in [6, 6.07) is 4.17. The molecule has 1 aromatic rings. The lowest BCUT2D eigenvalue weighted by atomic mass is 10.2. The fraction of sp³-hybridized carbons (Fsp3) is 0.533. The molecule has 0 bridgehead atoms. The number of rotatable bonds is 9. The maximum atomic E-state index is 13.0. The highest BCUT2D eigenvalue weighted by atomic mass is 19.1. The van der Waals surface area contributed by atoms with E-state index in [0.29, 0.717) is 12.1 Å². The van der Waals surface area contributed by atoms with Crippen LogP contribution in [0.15, 0.2) is 18.2 Å². The minimum absolute atomic E-state index is 0.0330. The second kappa shape index (κ2) is 9.31. The van der Waals surface area contributed by atoms with E-state index in [-0.39, 0.29) is 11.6 Å². The monoisotopic (exact) mass is 297 g/mol. The van der Waals surface area contributed by atoms with Gasteiger partial charge in [-0.05, 0) is 44.6 Å². The molecule has 1 amide bonds. The Morgan fingerprint density at radius 2 is 2.10 bits per heavy atom. The van der Waals surface area contributed by atoms with Crippen LogP contribution in [-0.4, -0.2) is 44.7 Å². The highest BCUT2D eigenvalue weighted by Gasteiger charge is 2.06. The van der Waals surface area contributed by atoms with Crippen molar-refractivity contribution in [3.05, 3.63) is 24.0 Å². The summed E-state index contributed by atoms with van der Waals surface area (Å²) in [5.74, 6) is -0.572. The zero-order chi connectivity index (χ0) is 15.7. The first kappa shape index (κ1) is 17.4. The highest BCUT2D eigenvalue weighted by molar-refractivity contribution is 5.91. The lowest BCUT2D eigenvalue weighted by Crippen LogP contribution is -2.23. The molecule has 0 saturated heterocycles. The molecule has 1 rings (SSSR count). The van der Waals surface area contributed by atoms with Crippen molar-refractivity contribution in [2.24, 2.45) is 0 Å². The summed E-state index contributed by atoms with van der Waals surface area (Å²) < 4.78 is 18.0. The minimum Gasteiger partial charge on any atom is -0.396 e. The lowest BCUT2D eigenvalue weighted by molar-refractivity contribution is -0.116. The molecule has 6 heteroatoms. The number of nitrogens with zero attached hydrogens (tertiary/aromatic N) is 1. The number of hydrogen-bond acceptors (Lipinski definition) is 4. The van der Waals surface area contributed by atoms with E-state index in [2.05, 4.69) is 10.2 Å². The molecule has 5 nitrogen and oxygen atoms in total. The van der Waals surface area contributed by atoms with Gasteiger partial charge in [0.05, 0.1) is 5.69 Å². The van der Waals surface area contributed by atoms with Crippen LogP contribution in [0.3, 0.4) is 0 Å². The van der Waals surface area contributed by atoms with Crippen molar-refractivity contribution in [1.29, 1.82) is 0 Å². The number of benzene rings is 1. The third-order valence-corrected chi connectivity index (χ3v) is 3.11. The van der Waals surface area contributed by atoms with Gasteiger partial charge in [0.25, 0.3) is 0 Å². The van der Waals surface area contributed by atoms with Crippen molar-refractivity contribution in [3.8, 4) is 0 Å². The summed E-state index contributed by atoms with van der Waals surface area (Å²) in [7, 11) is 3.71. The molecule has 0 saturated carbocycles. The molecule has 0 aromatic heterocycles. The average molecular weight is 297 g/mol. The third kappa shape index (κ3) is 7.06. The smallest absolute Gasteiger partial charge is 0.224 e. The summed E-state index contributed by atoms with van der Waals surface area (Å²) in [6.07, 6.45) is 2.17. The van der Waals surface area contributed by atoms with E-state index in [9.17, 15) is 9.18 Å². The Kier molecular flexibility index (Phi) is 7.71. The Morgan fingerprint density at radius 3 is 2.76 bits per heavy atom. The molecule has 118 valence electrons. The minimum atomic E-state index is -0.481.